The maximum Gasteiger partial charge on any atom is 0.246 e. The van der Waals surface area contributed by atoms with Crippen molar-refractivity contribution in [3.63, 3.8) is 0 Å². The number of hydrogen-bond acceptors (Lipinski definition) is 4. The molecule has 0 aromatic heterocycles. The van der Waals surface area contributed by atoms with Gasteiger partial charge >= 0.3 is 0 Å². The molecule has 6 nitrogen and oxygen atoms in total. The van der Waals surface area contributed by atoms with Crippen LogP contribution in [-0.2, 0) is 9.59 Å². The quantitative estimate of drug-likeness (QED) is 0.898. The van der Waals surface area contributed by atoms with Gasteiger partial charge in [-0.3, -0.25) is 9.59 Å². The summed E-state index contributed by atoms with van der Waals surface area (Å²) in [7, 11) is 1.59. The van der Waals surface area contributed by atoms with Crippen molar-refractivity contribution in [1.82, 2.24) is 0 Å². The molecule has 1 aliphatic rings. The van der Waals surface area contributed by atoms with Crippen molar-refractivity contribution in [1.29, 1.82) is 0 Å². The number of carbonyl (C=O) groups excluding carboxylic acids is 2. The smallest absolute Gasteiger partial charge is 0.246 e. The summed E-state index contributed by atoms with van der Waals surface area (Å²) in [4.78, 5) is 26.6. The van der Waals surface area contributed by atoms with Crippen LogP contribution in [0.4, 0.5) is 17.1 Å². The Hall–Kier alpha value is -3.02. The summed E-state index contributed by atoms with van der Waals surface area (Å²) in [5.74, 6) is 0.478. The molecule has 130 valence electrons. The van der Waals surface area contributed by atoms with E-state index in [2.05, 4.69) is 10.6 Å². The molecule has 3 rings (SSSR count). The van der Waals surface area contributed by atoms with Crippen LogP contribution in [0.1, 0.15) is 13.3 Å². The van der Waals surface area contributed by atoms with Crippen LogP contribution in [0.15, 0.2) is 48.5 Å². The third-order valence-corrected chi connectivity index (χ3v) is 4.16. The number of nitrogens with one attached hydrogen (secondary N) is 2. The van der Waals surface area contributed by atoms with Crippen molar-refractivity contribution in [3.8, 4) is 5.75 Å². The van der Waals surface area contributed by atoms with E-state index in [0.29, 0.717) is 17.1 Å². The van der Waals surface area contributed by atoms with Crippen LogP contribution < -0.4 is 20.3 Å². The van der Waals surface area contributed by atoms with Gasteiger partial charge in [-0.1, -0.05) is 24.3 Å². The van der Waals surface area contributed by atoms with E-state index in [1.165, 1.54) is 0 Å². The van der Waals surface area contributed by atoms with Gasteiger partial charge in [0.2, 0.25) is 11.8 Å². The van der Waals surface area contributed by atoms with Gasteiger partial charge in [0.05, 0.1) is 30.7 Å². The van der Waals surface area contributed by atoms with E-state index < -0.39 is 0 Å². The van der Waals surface area contributed by atoms with E-state index >= 15 is 0 Å². The van der Waals surface area contributed by atoms with Gasteiger partial charge in [-0.15, -0.1) is 0 Å². The molecule has 0 spiro atoms. The van der Waals surface area contributed by atoms with E-state index in [4.69, 9.17) is 4.74 Å². The highest BCUT2D eigenvalue weighted by molar-refractivity contribution is 6.05. The molecular weight excluding hydrogens is 318 g/mol. The molecule has 0 fully saturated rings. The van der Waals surface area contributed by atoms with Gasteiger partial charge in [-0.25, -0.2) is 0 Å². The lowest BCUT2D eigenvalue weighted by atomic mass is 10.1. The van der Waals surface area contributed by atoms with Crippen LogP contribution in [0.25, 0.3) is 0 Å². The zero-order chi connectivity index (χ0) is 17.8. The standard InChI is InChI=1S/C19H21N3O3/c1-13-11-18(23)21-14-7-3-5-9-16(14)22(13)19(24)12-20-15-8-4-6-10-17(15)25-2/h3-10,13,20H,11-12H2,1-2H3,(H,21,23)/t13-/m0/s1. The van der Waals surface area contributed by atoms with E-state index in [1.807, 2.05) is 49.4 Å². The fraction of sp³-hybridized carbons (Fsp3) is 0.263. The highest BCUT2D eigenvalue weighted by Crippen LogP contribution is 2.31. The first-order valence-electron chi connectivity index (χ1n) is 8.18. The van der Waals surface area contributed by atoms with E-state index in [1.54, 1.807) is 18.1 Å². The molecule has 1 aliphatic heterocycles. The van der Waals surface area contributed by atoms with Crippen molar-refractivity contribution in [2.75, 3.05) is 29.2 Å². The molecule has 0 saturated carbocycles. The molecule has 25 heavy (non-hydrogen) atoms. The Bertz CT molecular complexity index is 791. The molecule has 0 saturated heterocycles. The van der Waals surface area contributed by atoms with Gasteiger partial charge < -0.3 is 20.3 Å². The number of fused-ring (bicyclic) bond motifs is 1. The van der Waals surface area contributed by atoms with Gasteiger partial charge in [0.1, 0.15) is 5.75 Å². The number of benzene rings is 2. The summed E-state index contributed by atoms with van der Waals surface area (Å²) in [6.07, 6.45) is 0.259. The van der Waals surface area contributed by atoms with E-state index in [0.717, 1.165) is 5.69 Å². The number of carbonyl (C=O) groups is 2. The van der Waals surface area contributed by atoms with Gasteiger partial charge in [-0.2, -0.15) is 0 Å². The minimum Gasteiger partial charge on any atom is -0.495 e. The first-order chi connectivity index (χ1) is 12.1. The van der Waals surface area contributed by atoms with Crippen molar-refractivity contribution in [2.45, 2.75) is 19.4 Å². The normalized spacial score (nSPS) is 16.5. The molecule has 1 atom stereocenters. The van der Waals surface area contributed by atoms with Gasteiger partial charge in [-0.05, 0) is 31.2 Å². The topological polar surface area (TPSA) is 70.7 Å². The summed E-state index contributed by atoms with van der Waals surface area (Å²) in [6, 6.07) is 14.6. The number of anilines is 3. The predicted molar refractivity (Wildman–Crippen MR) is 98.1 cm³/mol. The zero-order valence-corrected chi connectivity index (χ0v) is 14.3. The Morgan fingerprint density at radius 2 is 1.96 bits per heavy atom. The number of ether oxygens (including phenoxy) is 1. The minimum absolute atomic E-state index is 0.0899. The minimum atomic E-state index is -0.226. The lowest BCUT2D eigenvalue weighted by molar-refractivity contribution is -0.118. The maximum absolute atomic E-state index is 12.9. The second kappa shape index (κ2) is 7.25. The molecule has 2 amide bonds. The second-order valence-electron chi connectivity index (χ2n) is 5.94. The zero-order valence-electron chi connectivity index (χ0n) is 14.3. The number of nitrogens with zero attached hydrogens (tertiary/aromatic N) is 1. The predicted octanol–water partition coefficient (Wildman–Crippen LogP) is 2.87. The summed E-state index contributed by atoms with van der Waals surface area (Å²) in [5, 5.41) is 5.98. The third kappa shape index (κ3) is 3.57. The van der Waals surface area contributed by atoms with Crippen LogP contribution in [0, 0.1) is 0 Å². The average Bonchev–Trinajstić information content (AvgIpc) is 2.74. The lowest BCUT2D eigenvalue weighted by Gasteiger charge is -2.28. The van der Waals surface area contributed by atoms with Crippen LogP contribution in [0.3, 0.4) is 0 Å². The maximum atomic E-state index is 12.9. The molecule has 0 unspecified atom stereocenters. The monoisotopic (exact) mass is 339 g/mol. The fourth-order valence-corrected chi connectivity index (χ4v) is 3.01. The van der Waals surface area contributed by atoms with Crippen LogP contribution >= 0.6 is 0 Å². The van der Waals surface area contributed by atoms with Crippen molar-refractivity contribution >= 4 is 28.9 Å². The molecule has 0 bridgehead atoms. The average molecular weight is 339 g/mol. The Morgan fingerprint density at radius 1 is 1.24 bits per heavy atom. The lowest BCUT2D eigenvalue weighted by Crippen LogP contribution is -2.42. The number of methoxy groups -OCH3 is 1. The van der Waals surface area contributed by atoms with Crippen LogP contribution in [0.5, 0.6) is 5.75 Å². The molecule has 1 heterocycles. The summed E-state index contributed by atoms with van der Waals surface area (Å²) in [5.41, 5.74) is 2.12. The molecule has 6 heteroatoms. The molecular formula is C19H21N3O3. The number of para-hydroxylation sites is 4. The summed E-state index contributed by atoms with van der Waals surface area (Å²) >= 11 is 0. The third-order valence-electron chi connectivity index (χ3n) is 4.16. The number of amides is 2. The molecule has 0 aliphatic carbocycles. The van der Waals surface area contributed by atoms with Crippen LogP contribution in [-0.4, -0.2) is 31.5 Å². The van der Waals surface area contributed by atoms with Gasteiger partial charge in [0, 0.05) is 12.5 Å². The Morgan fingerprint density at radius 3 is 2.76 bits per heavy atom. The molecule has 0 radical (unpaired) electrons. The van der Waals surface area contributed by atoms with Crippen molar-refractivity contribution in [3.05, 3.63) is 48.5 Å². The van der Waals surface area contributed by atoms with Crippen molar-refractivity contribution < 1.29 is 14.3 Å². The summed E-state index contributed by atoms with van der Waals surface area (Å²) < 4.78 is 5.29. The first-order valence-corrected chi connectivity index (χ1v) is 8.18. The summed E-state index contributed by atoms with van der Waals surface area (Å²) in [6.45, 7) is 1.98. The molecule has 2 N–H and O–H groups in total. The highest BCUT2D eigenvalue weighted by atomic mass is 16.5. The Balaban J connectivity index is 1.82. The highest BCUT2D eigenvalue weighted by Gasteiger charge is 2.29. The molecule has 2 aromatic carbocycles. The molecule has 2 aromatic rings. The Kier molecular flexibility index (Phi) is 4.88. The van der Waals surface area contributed by atoms with Crippen molar-refractivity contribution in [2.24, 2.45) is 0 Å². The Labute approximate surface area is 146 Å². The second-order valence-corrected chi connectivity index (χ2v) is 5.94. The van der Waals surface area contributed by atoms with Gasteiger partial charge in [0.15, 0.2) is 0 Å². The fourth-order valence-electron chi connectivity index (χ4n) is 3.01. The SMILES string of the molecule is COc1ccccc1NCC(=O)N1c2ccccc2NC(=O)C[C@@H]1C. The van der Waals surface area contributed by atoms with Gasteiger partial charge in [0.25, 0.3) is 0 Å². The van der Waals surface area contributed by atoms with Crippen LogP contribution in [0.2, 0.25) is 0 Å². The first kappa shape index (κ1) is 16.8. The number of hydrogen-bond donors (Lipinski definition) is 2. The van der Waals surface area contributed by atoms with E-state index in [-0.39, 0.29) is 30.8 Å². The largest absolute Gasteiger partial charge is 0.495 e. The van der Waals surface area contributed by atoms with E-state index in [9.17, 15) is 9.59 Å². The number of rotatable bonds is 4.